The van der Waals surface area contributed by atoms with E-state index < -0.39 is 0 Å². The molecule has 1 saturated heterocycles. The van der Waals surface area contributed by atoms with Gasteiger partial charge in [-0.15, -0.1) is 0 Å². The molecule has 1 aliphatic heterocycles. The molecule has 2 aliphatic rings. The summed E-state index contributed by atoms with van der Waals surface area (Å²) < 4.78 is 16.3. The van der Waals surface area contributed by atoms with Crippen molar-refractivity contribution in [3.8, 4) is 0 Å². The van der Waals surface area contributed by atoms with E-state index >= 15 is 0 Å². The van der Waals surface area contributed by atoms with Crippen molar-refractivity contribution in [2.24, 2.45) is 5.92 Å². The second-order valence-corrected chi connectivity index (χ2v) is 6.30. The van der Waals surface area contributed by atoms with Gasteiger partial charge in [-0.1, -0.05) is 0 Å². The topological polar surface area (TPSA) is 48.1 Å². The third kappa shape index (κ3) is 4.58. The van der Waals surface area contributed by atoms with Crippen molar-refractivity contribution in [3.63, 3.8) is 0 Å². The van der Waals surface area contributed by atoms with Crippen LogP contribution in [0.25, 0.3) is 0 Å². The summed E-state index contributed by atoms with van der Waals surface area (Å²) >= 11 is 0. The number of ether oxygens (including phenoxy) is 3. The predicted molar refractivity (Wildman–Crippen MR) is 67.3 cm³/mol. The molecule has 0 aromatic rings. The Kier molecular flexibility index (Phi) is 4.28. The Morgan fingerprint density at radius 3 is 2.33 bits per heavy atom. The zero-order valence-electron chi connectivity index (χ0n) is 11.6. The molecule has 18 heavy (non-hydrogen) atoms. The van der Waals surface area contributed by atoms with Crippen LogP contribution in [0.1, 0.15) is 46.5 Å². The number of esters is 1. The van der Waals surface area contributed by atoms with Crippen LogP contribution in [0, 0.1) is 5.92 Å². The highest BCUT2D eigenvalue weighted by atomic mass is 16.6. The van der Waals surface area contributed by atoms with Gasteiger partial charge in [0.2, 0.25) is 0 Å². The molecule has 2 fully saturated rings. The molecule has 1 heterocycles. The third-order valence-corrected chi connectivity index (χ3v) is 3.33. The smallest absolute Gasteiger partial charge is 0.309 e. The van der Waals surface area contributed by atoms with Gasteiger partial charge in [0.05, 0.1) is 25.2 Å². The highest BCUT2D eigenvalue weighted by Gasteiger charge is 2.31. The average molecular weight is 256 g/mol. The SMILES string of the molecule is CC(C)(C)OC(=O)C1CCC(OC[C@H]2CO2)CC1. The molecule has 1 aliphatic carbocycles. The second-order valence-electron chi connectivity index (χ2n) is 6.30. The molecule has 2 rings (SSSR count). The summed E-state index contributed by atoms with van der Waals surface area (Å²) in [5, 5.41) is 0. The van der Waals surface area contributed by atoms with E-state index in [2.05, 4.69) is 0 Å². The van der Waals surface area contributed by atoms with Crippen molar-refractivity contribution in [1.82, 2.24) is 0 Å². The van der Waals surface area contributed by atoms with Gasteiger partial charge in [-0.3, -0.25) is 4.79 Å². The van der Waals surface area contributed by atoms with Crippen LogP contribution in [0.4, 0.5) is 0 Å². The number of epoxide rings is 1. The molecule has 104 valence electrons. The summed E-state index contributed by atoms with van der Waals surface area (Å²) in [6.07, 6.45) is 4.30. The highest BCUT2D eigenvalue weighted by Crippen LogP contribution is 2.29. The maximum atomic E-state index is 11.9. The lowest BCUT2D eigenvalue weighted by atomic mass is 9.87. The molecule has 0 aromatic heterocycles. The zero-order chi connectivity index (χ0) is 13.2. The zero-order valence-corrected chi connectivity index (χ0v) is 11.6. The summed E-state index contributed by atoms with van der Waals surface area (Å²) in [6.45, 7) is 7.29. The molecule has 0 radical (unpaired) electrons. The number of rotatable bonds is 4. The normalized spacial score (nSPS) is 32.1. The van der Waals surface area contributed by atoms with Gasteiger partial charge >= 0.3 is 5.97 Å². The van der Waals surface area contributed by atoms with Crippen molar-refractivity contribution in [3.05, 3.63) is 0 Å². The second kappa shape index (κ2) is 5.57. The van der Waals surface area contributed by atoms with Crippen molar-refractivity contribution in [2.75, 3.05) is 13.2 Å². The fourth-order valence-electron chi connectivity index (χ4n) is 2.26. The first-order valence-electron chi connectivity index (χ1n) is 6.90. The maximum Gasteiger partial charge on any atom is 0.309 e. The third-order valence-electron chi connectivity index (χ3n) is 3.33. The summed E-state index contributed by atoms with van der Waals surface area (Å²) in [5.41, 5.74) is -0.381. The summed E-state index contributed by atoms with van der Waals surface area (Å²) in [7, 11) is 0. The van der Waals surface area contributed by atoms with Gasteiger partial charge in [0.25, 0.3) is 0 Å². The van der Waals surface area contributed by atoms with Crippen molar-refractivity contribution >= 4 is 5.97 Å². The van der Waals surface area contributed by atoms with E-state index in [-0.39, 0.29) is 17.5 Å². The van der Waals surface area contributed by atoms with Gasteiger partial charge in [-0.25, -0.2) is 0 Å². The quantitative estimate of drug-likeness (QED) is 0.572. The van der Waals surface area contributed by atoms with Crippen LogP contribution in [0.15, 0.2) is 0 Å². The predicted octanol–water partition coefficient (Wildman–Crippen LogP) is 2.30. The average Bonchev–Trinajstić information content (AvgIpc) is 3.08. The molecule has 0 spiro atoms. The van der Waals surface area contributed by atoms with Gasteiger partial charge in [0.15, 0.2) is 0 Å². The van der Waals surface area contributed by atoms with E-state index in [1.807, 2.05) is 20.8 Å². The lowest BCUT2D eigenvalue weighted by molar-refractivity contribution is -0.162. The van der Waals surface area contributed by atoms with Gasteiger partial charge in [-0.05, 0) is 46.5 Å². The van der Waals surface area contributed by atoms with E-state index in [1.54, 1.807) is 0 Å². The monoisotopic (exact) mass is 256 g/mol. The Balaban J connectivity index is 1.67. The molecule has 1 saturated carbocycles. The van der Waals surface area contributed by atoms with Crippen molar-refractivity contribution in [1.29, 1.82) is 0 Å². The summed E-state index contributed by atoms with van der Waals surface area (Å²) in [5.74, 6) is 0.00715. The van der Waals surface area contributed by atoms with Crippen LogP contribution in [-0.2, 0) is 19.0 Å². The number of carbonyl (C=O) groups excluding carboxylic acids is 1. The number of hydrogen-bond acceptors (Lipinski definition) is 4. The molecule has 4 nitrogen and oxygen atoms in total. The van der Waals surface area contributed by atoms with Crippen molar-refractivity contribution in [2.45, 2.75) is 64.3 Å². The minimum Gasteiger partial charge on any atom is -0.460 e. The lowest BCUT2D eigenvalue weighted by Crippen LogP contribution is -2.32. The van der Waals surface area contributed by atoms with Gasteiger partial charge in [0, 0.05) is 0 Å². The Morgan fingerprint density at radius 2 is 1.83 bits per heavy atom. The first-order chi connectivity index (χ1) is 8.44. The molecule has 0 N–H and O–H groups in total. The fourth-order valence-corrected chi connectivity index (χ4v) is 2.26. The van der Waals surface area contributed by atoms with Crippen molar-refractivity contribution < 1.29 is 19.0 Å². The summed E-state index contributed by atoms with van der Waals surface area (Å²) in [6, 6.07) is 0. The van der Waals surface area contributed by atoms with Crippen LogP contribution >= 0.6 is 0 Å². The molecular formula is C14H24O4. The summed E-state index contributed by atoms with van der Waals surface area (Å²) in [4.78, 5) is 11.9. The first-order valence-corrected chi connectivity index (χ1v) is 6.90. The van der Waals surface area contributed by atoms with E-state index in [0.717, 1.165) is 32.3 Å². The fraction of sp³-hybridized carbons (Fsp3) is 0.929. The molecule has 0 amide bonds. The largest absolute Gasteiger partial charge is 0.460 e. The Hall–Kier alpha value is -0.610. The minimum atomic E-state index is -0.381. The Morgan fingerprint density at radius 1 is 1.22 bits per heavy atom. The Bertz CT molecular complexity index is 283. The standard InChI is InChI=1S/C14H24O4/c1-14(2,3)18-13(15)10-4-6-11(7-5-10)16-8-12-9-17-12/h10-12H,4-9H2,1-3H3/t10?,11?,12-/m0/s1. The van der Waals surface area contributed by atoms with E-state index in [4.69, 9.17) is 14.2 Å². The van der Waals surface area contributed by atoms with Crippen LogP contribution in [0.5, 0.6) is 0 Å². The maximum absolute atomic E-state index is 11.9. The Labute approximate surface area is 109 Å². The van der Waals surface area contributed by atoms with Crippen LogP contribution in [0.2, 0.25) is 0 Å². The van der Waals surface area contributed by atoms with Gasteiger partial charge in [0.1, 0.15) is 11.7 Å². The minimum absolute atomic E-state index is 0.0496. The van der Waals surface area contributed by atoms with Crippen LogP contribution < -0.4 is 0 Å². The molecule has 0 unspecified atom stereocenters. The van der Waals surface area contributed by atoms with E-state index in [1.165, 1.54) is 0 Å². The first kappa shape index (κ1) is 13.8. The molecular weight excluding hydrogens is 232 g/mol. The molecule has 1 atom stereocenters. The van der Waals surface area contributed by atoms with Crippen LogP contribution in [-0.4, -0.2) is 37.0 Å². The number of carbonyl (C=O) groups is 1. The number of hydrogen-bond donors (Lipinski definition) is 0. The van der Waals surface area contributed by atoms with E-state index in [0.29, 0.717) is 18.8 Å². The van der Waals surface area contributed by atoms with E-state index in [9.17, 15) is 4.79 Å². The van der Waals surface area contributed by atoms with Crippen LogP contribution in [0.3, 0.4) is 0 Å². The molecule has 0 bridgehead atoms. The molecule has 4 heteroatoms. The van der Waals surface area contributed by atoms with Gasteiger partial charge in [-0.2, -0.15) is 0 Å². The van der Waals surface area contributed by atoms with Gasteiger partial charge < -0.3 is 14.2 Å². The molecule has 0 aromatic carbocycles. The lowest BCUT2D eigenvalue weighted by Gasteiger charge is -2.29. The highest BCUT2D eigenvalue weighted by molar-refractivity contribution is 5.72.